The molecule has 100 valence electrons. The summed E-state index contributed by atoms with van der Waals surface area (Å²) < 4.78 is 0. The van der Waals surface area contributed by atoms with Gasteiger partial charge < -0.3 is 0 Å². The van der Waals surface area contributed by atoms with Gasteiger partial charge in [0, 0.05) is 5.02 Å². The summed E-state index contributed by atoms with van der Waals surface area (Å²) in [5.74, 6) is 0.592. The second-order valence-corrected chi connectivity index (χ2v) is 5.77. The van der Waals surface area contributed by atoms with Crippen LogP contribution in [0, 0.1) is 0 Å². The molecule has 0 saturated carbocycles. The van der Waals surface area contributed by atoms with Crippen LogP contribution in [-0.4, -0.2) is 0 Å². The fraction of sp³-hybridized carbons (Fsp3) is 0.294. The minimum Gasteiger partial charge on any atom is -0.113 e. The maximum atomic E-state index is 6.51. The van der Waals surface area contributed by atoms with Gasteiger partial charge in [-0.15, -0.1) is 11.6 Å². The molecular formula is C17H18Cl2. The molecule has 0 bridgehead atoms. The van der Waals surface area contributed by atoms with Crippen molar-refractivity contribution in [3.8, 4) is 0 Å². The van der Waals surface area contributed by atoms with E-state index in [1.165, 1.54) is 5.56 Å². The standard InChI is InChI=1S/C17H18Cl2/c1-3-12(2)13-7-9-14(10-8-13)17(19)15-5-4-6-16(18)11-15/h4-12,17H,3H2,1-2H3. The van der Waals surface area contributed by atoms with Gasteiger partial charge in [-0.2, -0.15) is 0 Å². The molecule has 2 atom stereocenters. The summed E-state index contributed by atoms with van der Waals surface area (Å²) in [6.07, 6.45) is 1.15. The second-order valence-electron chi connectivity index (χ2n) is 4.89. The van der Waals surface area contributed by atoms with Crippen LogP contribution in [-0.2, 0) is 0 Å². The van der Waals surface area contributed by atoms with Crippen LogP contribution in [0.25, 0.3) is 0 Å². The van der Waals surface area contributed by atoms with Gasteiger partial charge in [-0.3, -0.25) is 0 Å². The van der Waals surface area contributed by atoms with Crippen LogP contribution in [0.15, 0.2) is 48.5 Å². The van der Waals surface area contributed by atoms with Gasteiger partial charge in [-0.25, -0.2) is 0 Å². The van der Waals surface area contributed by atoms with Gasteiger partial charge in [0.05, 0.1) is 5.38 Å². The Morgan fingerprint density at radius 3 is 2.16 bits per heavy atom. The predicted molar refractivity (Wildman–Crippen MR) is 84.3 cm³/mol. The molecule has 0 aromatic heterocycles. The van der Waals surface area contributed by atoms with E-state index in [0.717, 1.165) is 22.6 Å². The molecule has 0 fully saturated rings. The fourth-order valence-corrected chi connectivity index (χ4v) is 2.57. The Balaban J connectivity index is 2.22. The Morgan fingerprint density at radius 1 is 0.947 bits per heavy atom. The first kappa shape index (κ1) is 14.4. The lowest BCUT2D eigenvalue weighted by Gasteiger charge is -2.13. The molecule has 0 N–H and O–H groups in total. The van der Waals surface area contributed by atoms with Crippen LogP contribution < -0.4 is 0 Å². The molecule has 2 aromatic carbocycles. The monoisotopic (exact) mass is 292 g/mol. The van der Waals surface area contributed by atoms with Gasteiger partial charge in [0.1, 0.15) is 0 Å². The Morgan fingerprint density at radius 2 is 1.58 bits per heavy atom. The van der Waals surface area contributed by atoms with Gasteiger partial charge in [-0.1, -0.05) is 61.8 Å². The summed E-state index contributed by atoms with van der Waals surface area (Å²) in [7, 11) is 0. The minimum atomic E-state index is -0.148. The quantitative estimate of drug-likeness (QED) is 0.590. The highest BCUT2D eigenvalue weighted by Gasteiger charge is 2.11. The van der Waals surface area contributed by atoms with Crippen LogP contribution in [0.2, 0.25) is 5.02 Å². The van der Waals surface area contributed by atoms with Crippen molar-refractivity contribution in [2.24, 2.45) is 0 Å². The molecule has 0 spiro atoms. The van der Waals surface area contributed by atoms with Crippen molar-refractivity contribution in [3.05, 3.63) is 70.2 Å². The number of rotatable bonds is 4. The van der Waals surface area contributed by atoms with E-state index in [4.69, 9.17) is 23.2 Å². The van der Waals surface area contributed by atoms with E-state index in [-0.39, 0.29) is 5.38 Å². The van der Waals surface area contributed by atoms with Crippen LogP contribution in [0.1, 0.15) is 48.3 Å². The third kappa shape index (κ3) is 3.52. The highest BCUT2D eigenvalue weighted by atomic mass is 35.5. The Kier molecular flexibility index (Phi) is 4.90. The molecule has 0 radical (unpaired) electrons. The lowest BCUT2D eigenvalue weighted by atomic mass is 9.96. The average molecular weight is 293 g/mol. The highest BCUT2D eigenvalue weighted by Crippen LogP contribution is 2.31. The van der Waals surface area contributed by atoms with Crippen molar-refractivity contribution >= 4 is 23.2 Å². The molecule has 0 nitrogen and oxygen atoms in total. The molecular weight excluding hydrogens is 275 g/mol. The zero-order chi connectivity index (χ0) is 13.8. The summed E-state index contributed by atoms with van der Waals surface area (Å²) in [6, 6.07) is 16.3. The summed E-state index contributed by atoms with van der Waals surface area (Å²) >= 11 is 12.5. The summed E-state index contributed by atoms with van der Waals surface area (Å²) in [6.45, 7) is 4.44. The summed E-state index contributed by atoms with van der Waals surface area (Å²) in [5.41, 5.74) is 3.50. The number of benzene rings is 2. The van der Waals surface area contributed by atoms with E-state index in [0.29, 0.717) is 5.92 Å². The van der Waals surface area contributed by atoms with E-state index in [2.05, 4.69) is 38.1 Å². The molecule has 0 aliphatic heterocycles. The van der Waals surface area contributed by atoms with Gasteiger partial charge in [0.15, 0.2) is 0 Å². The molecule has 2 aromatic rings. The van der Waals surface area contributed by atoms with E-state index in [1.807, 2.05) is 24.3 Å². The molecule has 0 saturated heterocycles. The first-order valence-electron chi connectivity index (χ1n) is 6.61. The SMILES string of the molecule is CCC(C)c1ccc(C(Cl)c2cccc(Cl)c2)cc1. The van der Waals surface area contributed by atoms with Gasteiger partial charge >= 0.3 is 0 Å². The number of hydrogen-bond acceptors (Lipinski definition) is 0. The molecule has 2 heteroatoms. The van der Waals surface area contributed by atoms with Crippen molar-refractivity contribution in [2.75, 3.05) is 0 Å². The minimum absolute atomic E-state index is 0.148. The maximum absolute atomic E-state index is 6.51. The molecule has 2 unspecified atom stereocenters. The van der Waals surface area contributed by atoms with E-state index in [9.17, 15) is 0 Å². The molecule has 0 aliphatic rings. The number of hydrogen-bond donors (Lipinski definition) is 0. The molecule has 19 heavy (non-hydrogen) atoms. The van der Waals surface area contributed by atoms with Crippen LogP contribution >= 0.6 is 23.2 Å². The van der Waals surface area contributed by atoms with Gasteiger partial charge in [0.2, 0.25) is 0 Å². The number of alkyl halides is 1. The highest BCUT2D eigenvalue weighted by molar-refractivity contribution is 6.30. The molecule has 2 rings (SSSR count). The first-order valence-corrected chi connectivity index (χ1v) is 7.42. The van der Waals surface area contributed by atoms with Crippen LogP contribution in [0.3, 0.4) is 0 Å². The summed E-state index contributed by atoms with van der Waals surface area (Å²) in [5, 5.41) is 0.573. The number of halogens is 2. The summed E-state index contributed by atoms with van der Waals surface area (Å²) in [4.78, 5) is 0. The lowest BCUT2D eigenvalue weighted by Crippen LogP contribution is -1.95. The molecule has 0 amide bonds. The first-order chi connectivity index (χ1) is 9.11. The van der Waals surface area contributed by atoms with Gasteiger partial charge in [0.25, 0.3) is 0 Å². The van der Waals surface area contributed by atoms with Crippen LogP contribution in [0.5, 0.6) is 0 Å². The second kappa shape index (κ2) is 6.45. The maximum Gasteiger partial charge on any atom is 0.0835 e. The van der Waals surface area contributed by atoms with Crippen molar-refractivity contribution < 1.29 is 0 Å². The van der Waals surface area contributed by atoms with Crippen molar-refractivity contribution in [1.82, 2.24) is 0 Å². The Hall–Kier alpha value is -0.980. The third-order valence-corrected chi connectivity index (χ3v) is 4.29. The Bertz CT molecular complexity index is 531. The zero-order valence-electron chi connectivity index (χ0n) is 11.2. The fourth-order valence-electron chi connectivity index (χ4n) is 2.09. The van der Waals surface area contributed by atoms with Crippen molar-refractivity contribution in [3.63, 3.8) is 0 Å². The lowest BCUT2D eigenvalue weighted by molar-refractivity contribution is 0.733. The van der Waals surface area contributed by atoms with E-state index in [1.54, 1.807) is 0 Å². The van der Waals surface area contributed by atoms with E-state index >= 15 is 0 Å². The zero-order valence-corrected chi connectivity index (χ0v) is 12.7. The third-order valence-electron chi connectivity index (χ3n) is 3.55. The Labute approximate surface area is 125 Å². The van der Waals surface area contributed by atoms with Gasteiger partial charge in [-0.05, 0) is 41.2 Å². The average Bonchev–Trinajstić information content (AvgIpc) is 2.46. The van der Waals surface area contributed by atoms with Crippen molar-refractivity contribution in [2.45, 2.75) is 31.6 Å². The topological polar surface area (TPSA) is 0 Å². The smallest absolute Gasteiger partial charge is 0.0835 e. The molecule has 0 heterocycles. The van der Waals surface area contributed by atoms with Crippen molar-refractivity contribution in [1.29, 1.82) is 0 Å². The normalized spacial score (nSPS) is 14.1. The molecule has 0 aliphatic carbocycles. The predicted octanol–water partition coefficient (Wildman–Crippen LogP) is 6.18. The van der Waals surface area contributed by atoms with E-state index < -0.39 is 0 Å². The largest absolute Gasteiger partial charge is 0.113 e. The van der Waals surface area contributed by atoms with Crippen LogP contribution in [0.4, 0.5) is 0 Å².